The number of nitrogens with one attached hydrogen (secondary N) is 1. The average molecular weight is 322 g/mol. The van der Waals surface area contributed by atoms with Gasteiger partial charge in [-0.05, 0) is 42.5 Å². The molecule has 2 aromatic rings. The molecule has 24 heavy (non-hydrogen) atoms. The highest BCUT2D eigenvalue weighted by molar-refractivity contribution is 5.71. The first-order valence-corrected chi connectivity index (χ1v) is 8.72. The van der Waals surface area contributed by atoms with E-state index < -0.39 is 0 Å². The standard InChI is InChI=1S/C20H22N2O2/c1-13-11-24-20-18(13)10-17(7-8-21-12-23)22-19(20)16-6-5-14-3-2-4-15(14)9-16/h5-6,9-10,12-13H,2-4,7-8,11H2,1H3,(H,21,23). The Kier molecular flexibility index (Phi) is 3.97. The maximum atomic E-state index is 10.5. The largest absolute Gasteiger partial charge is 0.490 e. The number of aromatic nitrogens is 1. The van der Waals surface area contributed by atoms with Crippen molar-refractivity contribution in [1.82, 2.24) is 10.3 Å². The second-order valence-corrected chi connectivity index (χ2v) is 6.75. The van der Waals surface area contributed by atoms with Crippen molar-refractivity contribution in [1.29, 1.82) is 0 Å². The van der Waals surface area contributed by atoms with Gasteiger partial charge in [0.25, 0.3) is 0 Å². The van der Waals surface area contributed by atoms with Crippen LogP contribution in [-0.2, 0) is 24.1 Å². The molecule has 1 aromatic heterocycles. The van der Waals surface area contributed by atoms with Crippen molar-refractivity contribution in [3.8, 4) is 17.0 Å². The van der Waals surface area contributed by atoms with Crippen molar-refractivity contribution in [3.05, 3.63) is 46.6 Å². The molecule has 1 aliphatic carbocycles. The van der Waals surface area contributed by atoms with Gasteiger partial charge in [-0.25, -0.2) is 4.98 Å². The number of ether oxygens (including phenoxy) is 1. The van der Waals surface area contributed by atoms with Crippen LogP contribution in [-0.4, -0.2) is 24.5 Å². The number of nitrogens with zero attached hydrogens (tertiary/aromatic N) is 1. The van der Waals surface area contributed by atoms with Gasteiger partial charge in [0.05, 0.1) is 6.61 Å². The second-order valence-electron chi connectivity index (χ2n) is 6.75. The van der Waals surface area contributed by atoms with E-state index in [4.69, 9.17) is 9.72 Å². The van der Waals surface area contributed by atoms with Gasteiger partial charge in [0, 0.05) is 35.7 Å². The minimum absolute atomic E-state index is 0.383. The van der Waals surface area contributed by atoms with Gasteiger partial charge < -0.3 is 10.1 Å². The van der Waals surface area contributed by atoms with Gasteiger partial charge in [-0.3, -0.25) is 4.79 Å². The summed E-state index contributed by atoms with van der Waals surface area (Å²) in [5.41, 5.74) is 7.26. The highest BCUT2D eigenvalue weighted by Crippen LogP contribution is 2.41. The summed E-state index contributed by atoms with van der Waals surface area (Å²) in [7, 11) is 0. The summed E-state index contributed by atoms with van der Waals surface area (Å²) in [6.45, 7) is 3.50. The quantitative estimate of drug-likeness (QED) is 0.680. The lowest BCUT2D eigenvalue weighted by Gasteiger charge is -2.12. The van der Waals surface area contributed by atoms with Crippen LogP contribution >= 0.6 is 0 Å². The zero-order valence-electron chi connectivity index (χ0n) is 14.0. The molecule has 4 heteroatoms. The summed E-state index contributed by atoms with van der Waals surface area (Å²) in [4.78, 5) is 15.3. The molecule has 0 fully saturated rings. The van der Waals surface area contributed by atoms with Crippen LogP contribution in [0.1, 0.15) is 41.6 Å². The molecule has 1 N–H and O–H groups in total. The molecule has 0 saturated heterocycles. The zero-order chi connectivity index (χ0) is 16.5. The van der Waals surface area contributed by atoms with Crippen molar-refractivity contribution in [2.24, 2.45) is 0 Å². The van der Waals surface area contributed by atoms with E-state index in [1.807, 2.05) is 0 Å². The highest BCUT2D eigenvalue weighted by atomic mass is 16.5. The number of fused-ring (bicyclic) bond motifs is 2. The third-order valence-electron chi connectivity index (χ3n) is 5.04. The summed E-state index contributed by atoms with van der Waals surface area (Å²) in [6, 6.07) is 8.83. The first-order chi connectivity index (χ1) is 11.8. The van der Waals surface area contributed by atoms with Crippen molar-refractivity contribution < 1.29 is 9.53 Å². The first kappa shape index (κ1) is 15.2. The van der Waals surface area contributed by atoms with Crippen LogP contribution in [0.2, 0.25) is 0 Å². The van der Waals surface area contributed by atoms with Crippen LogP contribution in [0.4, 0.5) is 0 Å². The Morgan fingerprint density at radius 2 is 2.17 bits per heavy atom. The van der Waals surface area contributed by atoms with E-state index in [0.717, 1.165) is 42.0 Å². The molecule has 0 bridgehead atoms. The molecule has 1 atom stereocenters. The third kappa shape index (κ3) is 2.66. The van der Waals surface area contributed by atoms with Crippen LogP contribution in [0.5, 0.6) is 5.75 Å². The van der Waals surface area contributed by atoms with E-state index in [-0.39, 0.29) is 0 Å². The number of rotatable bonds is 5. The van der Waals surface area contributed by atoms with Crippen LogP contribution in [0, 0.1) is 0 Å². The minimum atomic E-state index is 0.383. The predicted molar refractivity (Wildman–Crippen MR) is 93.4 cm³/mol. The van der Waals surface area contributed by atoms with Gasteiger partial charge in [0.1, 0.15) is 11.4 Å². The fraction of sp³-hybridized carbons (Fsp3) is 0.400. The predicted octanol–water partition coefficient (Wildman–Crippen LogP) is 3.02. The molecule has 2 aliphatic rings. The van der Waals surface area contributed by atoms with Gasteiger partial charge in [-0.2, -0.15) is 0 Å². The van der Waals surface area contributed by atoms with Crippen LogP contribution in [0.25, 0.3) is 11.3 Å². The molecule has 1 aromatic carbocycles. The number of hydrogen-bond acceptors (Lipinski definition) is 3. The van der Waals surface area contributed by atoms with E-state index in [1.54, 1.807) is 0 Å². The van der Waals surface area contributed by atoms with E-state index in [1.165, 1.54) is 29.5 Å². The summed E-state index contributed by atoms with van der Waals surface area (Å²) in [5.74, 6) is 1.32. The number of hydrogen-bond donors (Lipinski definition) is 1. The molecule has 1 unspecified atom stereocenters. The fourth-order valence-electron chi connectivity index (χ4n) is 3.73. The first-order valence-electron chi connectivity index (χ1n) is 8.72. The SMILES string of the molecule is CC1COc2c1cc(CCNC=O)nc2-c1ccc2c(c1)CCC2. The topological polar surface area (TPSA) is 51.2 Å². The molecule has 2 heterocycles. The molecule has 1 amide bonds. The molecule has 1 aliphatic heterocycles. The monoisotopic (exact) mass is 322 g/mol. The summed E-state index contributed by atoms with van der Waals surface area (Å²) in [5, 5.41) is 2.72. The minimum Gasteiger partial charge on any atom is -0.490 e. The molecule has 4 nitrogen and oxygen atoms in total. The molecule has 4 rings (SSSR count). The van der Waals surface area contributed by atoms with Crippen molar-refractivity contribution in [2.45, 2.75) is 38.5 Å². The Balaban J connectivity index is 1.76. The normalized spacial score (nSPS) is 18.0. The maximum absolute atomic E-state index is 10.5. The highest BCUT2D eigenvalue weighted by Gasteiger charge is 2.26. The smallest absolute Gasteiger partial charge is 0.207 e. The third-order valence-corrected chi connectivity index (χ3v) is 5.04. The number of carbonyl (C=O) groups is 1. The number of pyridine rings is 1. The Morgan fingerprint density at radius 3 is 3.04 bits per heavy atom. The van der Waals surface area contributed by atoms with Gasteiger partial charge in [0.15, 0.2) is 0 Å². The number of carbonyl (C=O) groups excluding carboxylic acids is 1. The van der Waals surface area contributed by atoms with Gasteiger partial charge >= 0.3 is 0 Å². The number of amides is 1. The lowest BCUT2D eigenvalue weighted by atomic mass is 9.98. The average Bonchev–Trinajstić information content (AvgIpc) is 3.21. The Morgan fingerprint density at radius 1 is 1.29 bits per heavy atom. The molecule has 124 valence electrons. The summed E-state index contributed by atoms with van der Waals surface area (Å²) in [6.07, 6.45) is 5.06. The number of aryl methyl sites for hydroxylation is 2. The van der Waals surface area contributed by atoms with E-state index in [2.05, 4.69) is 36.5 Å². The van der Waals surface area contributed by atoms with Crippen LogP contribution in [0.15, 0.2) is 24.3 Å². The van der Waals surface area contributed by atoms with Crippen LogP contribution in [0.3, 0.4) is 0 Å². The van der Waals surface area contributed by atoms with Gasteiger partial charge in [-0.1, -0.05) is 19.1 Å². The zero-order valence-corrected chi connectivity index (χ0v) is 14.0. The molecule has 0 saturated carbocycles. The van der Waals surface area contributed by atoms with Gasteiger partial charge in [0.2, 0.25) is 6.41 Å². The summed E-state index contributed by atoms with van der Waals surface area (Å²) >= 11 is 0. The molecule has 0 spiro atoms. The second kappa shape index (κ2) is 6.27. The summed E-state index contributed by atoms with van der Waals surface area (Å²) < 4.78 is 5.96. The van der Waals surface area contributed by atoms with Gasteiger partial charge in [-0.15, -0.1) is 0 Å². The lowest BCUT2D eigenvalue weighted by molar-refractivity contribution is -0.109. The molecular weight excluding hydrogens is 300 g/mol. The van der Waals surface area contributed by atoms with Crippen molar-refractivity contribution >= 4 is 6.41 Å². The number of benzene rings is 1. The Bertz CT molecular complexity index is 785. The van der Waals surface area contributed by atoms with Crippen molar-refractivity contribution in [3.63, 3.8) is 0 Å². The van der Waals surface area contributed by atoms with Crippen LogP contribution < -0.4 is 10.1 Å². The molecule has 0 radical (unpaired) electrons. The lowest BCUT2D eigenvalue weighted by Crippen LogP contribution is -2.15. The molecular formula is C20H22N2O2. The van der Waals surface area contributed by atoms with E-state index >= 15 is 0 Å². The fourth-order valence-corrected chi connectivity index (χ4v) is 3.73. The van der Waals surface area contributed by atoms with E-state index in [9.17, 15) is 4.79 Å². The Labute approximate surface area is 142 Å². The Hall–Kier alpha value is -2.36. The van der Waals surface area contributed by atoms with E-state index in [0.29, 0.717) is 19.1 Å². The maximum Gasteiger partial charge on any atom is 0.207 e. The van der Waals surface area contributed by atoms with Crippen molar-refractivity contribution in [2.75, 3.05) is 13.2 Å².